The van der Waals surface area contributed by atoms with Crippen LogP contribution in [0.25, 0.3) is 11.3 Å². The fourth-order valence-corrected chi connectivity index (χ4v) is 4.37. The number of nitrogens with zero attached hydrogens (tertiary/aromatic N) is 2. The summed E-state index contributed by atoms with van der Waals surface area (Å²) in [7, 11) is -2.85. The van der Waals surface area contributed by atoms with Crippen molar-refractivity contribution in [2.75, 3.05) is 11.8 Å². The van der Waals surface area contributed by atoms with E-state index in [4.69, 9.17) is 11.6 Å². The topological polar surface area (TPSA) is 98.2 Å². The average molecular weight is 460 g/mol. The number of rotatable bonds is 6. The van der Waals surface area contributed by atoms with Crippen molar-refractivity contribution in [3.05, 3.63) is 70.4 Å². The number of carbonyl (C=O) groups is 1. The maximum absolute atomic E-state index is 12.9. The Morgan fingerprint density at radius 2 is 1.81 bits per heavy atom. The minimum Gasteiger partial charge on any atom is -0.465 e. The summed E-state index contributed by atoms with van der Waals surface area (Å²) in [5.41, 5.74) is 3.56. The number of methoxy groups -OCH3 is 1. The van der Waals surface area contributed by atoms with Gasteiger partial charge >= 0.3 is 5.97 Å². The molecule has 0 amide bonds. The summed E-state index contributed by atoms with van der Waals surface area (Å²) >= 11 is 6.20. The smallest absolute Gasteiger partial charge is 0.337 e. The Bertz CT molecular complexity index is 1240. The Balaban J connectivity index is 2.03. The van der Waals surface area contributed by atoms with E-state index in [-0.39, 0.29) is 27.5 Å². The minimum atomic E-state index is -4.07. The van der Waals surface area contributed by atoms with E-state index in [1.54, 1.807) is 6.07 Å². The van der Waals surface area contributed by atoms with Gasteiger partial charge in [0.05, 0.1) is 23.3 Å². The molecule has 162 valence electrons. The van der Waals surface area contributed by atoms with Crippen molar-refractivity contribution in [1.29, 1.82) is 0 Å². The first-order chi connectivity index (χ1) is 14.6. The van der Waals surface area contributed by atoms with Gasteiger partial charge in [-0.3, -0.25) is 0 Å². The Hall–Kier alpha value is -2.97. The third-order valence-corrected chi connectivity index (χ3v) is 6.19. The highest BCUT2D eigenvalue weighted by Crippen LogP contribution is 2.32. The lowest BCUT2D eigenvalue weighted by molar-refractivity contribution is 0.0600. The number of aryl methyl sites for hydroxylation is 1. The number of hydrogen-bond donors (Lipinski definition) is 1. The predicted octanol–water partition coefficient (Wildman–Crippen LogP) is 4.82. The lowest BCUT2D eigenvalue weighted by atomic mass is 9.92. The van der Waals surface area contributed by atoms with E-state index in [9.17, 15) is 13.2 Å². The van der Waals surface area contributed by atoms with Gasteiger partial charge in [0.1, 0.15) is 5.15 Å². The Morgan fingerprint density at radius 1 is 1.10 bits per heavy atom. The highest BCUT2D eigenvalue weighted by Gasteiger charge is 2.20. The Kier molecular flexibility index (Phi) is 6.62. The van der Waals surface area contributed by atoms with Gasteiger partial charge in [-0.1, -0.05) is 49.7 Å². The number of nitrogens with one attached hydrogen (secondary N) is 1. The SMILES string of the molecule is COC(=O)c1cccc(S(=O)(=O)Nc2nc(Cl)cc(-c3c(C)cccc3C(C)C)n2)c1. The molecule has 0 radical (unpaired) electrons. The maximum Gasteiger partial charge on any atom is 0.337 e. The summed E-state index contributed by atoms with van der Waals surface area (Å²) in [5, 5.41) is 0.101. The molecule has 0 unspecified atom stereocenters. The molecule has 31 heavy (non-hydrogen) atoms. The van der Waals surface area contributed by atoms with E-state index in [2.05, 4.69) is 33.3 Å². The highest BCUT2D eigenvalue weighted by molar-refractivity contribution is 7.92. The molecule has 0 saturated carbocycles. The minimum absolute atomic E-state index is 0.101. The van der Waals surface area contributed by atoms with Gasteiger partial charge < -0.3 is 4.74 Å². The van der Waals surface area contributed by atoms with Crippen LogP contribution in [0, 0.1) is 6.92 Å². The van der Waals surface area contributed by atoms with Gasteiger partial charge in [-0.05, 0) is 42.2 Å². The largest absolute Gasteiger partial charge is 0.465 e. The molecule has 2 aromatic carbocycles. The van der Waals surface area contributed by atoms with Crippen molar-refractivity contribution in [2.45, 2.75) is 31.6 Å². The fraction of sp³-hybridized carbons (Fsp3) is 0.227. The molecule has 0 saturated heterocycles. The van der Waals surface area contributed by atoms with Crippen LogP contribution in [0.3, 0.4) is 0 Å². The zero-order valence-corrected chi connectivity index (χ0v) is 19.1. The molecular formula is C22H22ClN3O4S. The Labute approximate surface area is 186 Å². The van der Waals surface area contributed by atoms with Gasteiger partial charge in [-0.15, -0.1) is 0 Å². The van der Waals surface area contributed by atoms with Crippen molar-refractivity contribution in [3.8, 4) is 11.3 Å². The fourth-order valence-electron chi connectivity index (χ4n) is 3.20. The second-order valence-corrected chi connectivity index (χ2v) is 9.29. The number of carbonyl (C=O) groups excluding carboxylic acids is 1. The second-order valence-electron chi connectivity index (χ2n) is 7.22. The quantitative estimate of drug-likeness (QED) is 0.419. The number of hydrogen-bond acceptors (Lipinski definition) is 6. The third-order valence-electron chi connectivity index (χ3n) is 4.67. The lowest BCUT2D eigenvalue weighted by Crippen LogP contribution is -2.16. The van der Waals surface area contributed by atoms with Crippen LogP contribution in [0.2, 0.25) is 5.15 Å². The molecule has 1 N–H and O–H groups in total. The summed E-state index contributed by atoms with van der Waals surface area (Å²) in [5.74, 6) is -0.576. The summed E-state index contributed by atoms with van der Waals surface area (Å²) in [6.45, 7) is 6.09. The Morgan fingerprint density at radius 3 is 2.48 bits per heavy atom. The molecule has 0 fully saturated rings. The number of aromatic nitrogens is 2. The number of ether oxygens (including phenoxy) is 1. The molecule has 0 bridgehead atoms. The molecule has 0 aliphatic heterocycles. The molecule has 9 heteroatoms. The zero-order chi connectivity index (χ0) is 22.8. The van der Waals surface area contributed by atoms with E-state index in [0.717, 1.165) is 16.7 Å². The first-order valence-corrected chi connectivity index (χ1v) is 11.3. The van der Waals surface area contributed by atoms with Crippen LogP contribution >= 0.6 is 11.6 Å². The van der Waals surface area contributed by atoms with Crippen LogP contribution in [0.5, 0.6) is 0 Å². The van der Waals surface area contributed by atoms with Gasteiger partial charge in [0, 0.05) is 11.6 Å². The van der Waals surface area contributed by atoms with Crippen LogP contribution in [0.1, 0.15) is 41.3 Å². The molecule has 7 nitrogen and oxygen atoms in total. The summed E-state index contributed by atoms with van der Waals surface area (Å²) in [4.78, 5) is 20.0. The molecule has 0 spiro atoms. The molecular weight excluding hydrogens is 438 g/mol. The summed E-state index contributed by atoms with van der Waals surface area (Å²) < 4.78 is 32.8. The normalized spacial score (nSPS) is 11.4. The van der Waals surface area contributed by atoms with E-state index >= 15 is 0 Å². The number of halogens is 1. The monoisotopic (exact) mass is 459 g/mol. The standard InChI is InChI=1S/C22H22ClN3O4S/c1-13(2)17-10-5-7-14(3)20(17)18-12-19(23)25-22(24-18)26-31(28,29)16-9-6-8-15(11-16)21(27)30-4/h5-13H,1-4H3,(H,24,25,26). The summed E-state index contributed by atoms with van der Waals surface area (Å²) in [6.07, 6.45) is 0. The van der Waals surface area contributed by atoms with Crippen molar-refractivity contribution in [3.63, 3.8) is 0 Å². The third kappa shape index (κ3) is 5.03. The van der Waals surface area contributed by atoms with Gasteiger partial charge in [0.2, 0.25) is 5.95 Å². The average Bonchev–Trinajstić information content (AvgIpc) is 2.72. The predicted molar refractivity (Wildman–Crippen MR) is 120 cm³/mol. The van der Waals surface area contributed by atoms with Crippen LogP contribution in [-0.4, -0.2) is 31.5 Å². The molecule has 3 rings (SSSR count). The van der Waals surface area contributed by atoms with E-state index < -0.39 is 16.0 Å². The van der Waals surface area contributed by atoms with Gasteiger partial charge in [-0.25, -0.2) is 27.9 Å². The van der Waals surface area contributed by atoms with Gasteiger partial charge in [0.15, 0.2) is 0 Å². The van der Waals surface area contributed by atoms with Crippen molar-refractivity contribution in [1.82, 2.24) is 9.97 Å². The molecule has 0 aliphatic rings. The van der Waals surface area contributed by atoms with Crippen LogP contribution < -0.4 is 4.72 Å². The van der Waals surface area contributed by atoms with E-state index in [1.165, 1.54) is 31.4 Å². The molecule has 1 heterocycles. The van der Waals surface area contributed by atoms with Crippen molar-refractivity contribution < 1.29 is 17.9 Å². The number of sulfonamides is 1. The van der Waals surface area contributed by atoms with Gasteiger partial charge in [0.25, 0.3) is 10.0 Å². The number of esters is 1. The number of anilines is 1. The van der Waals surface area contributed by atoms with E-state index in [1.807, 2.05) is 25.1 Å². The zero-order valence-electron chi connectivity index (χ0n) is 17.5. The first-order valence-electron chi connectivity index (χ1n) is 9.48. The van der Waals surface area contributed by atoms with Crippen LogP contribution in [0.4, 0.5) is 5.95 Å². The van der Waals surface area contributed by atoms with Crippen molar-refractivity contribution >= 4 is 33.5 Å². The van der Waals surface area contributed by atoms with Crippen molar-refractivity contribution in [2.24, 2.45) is 0 Å². The van der Waals surface area contributed by atoms with E-state index in [0.29, 0.717) is 5.69 Å². The molecule has 0 aliphatic carbocycles. The lowest BCUT2D eigenvalue weighted by Gasteiger charge is -2.16. The second kappa shape index (κ2) is 9.03. The maximum atomic E-state index is 12.9. The first kappa shape index (κ1) is 22.7. The van der Waals surface area contributed by atoms with Gasteiger partial charge in [-0.2, -0.15) is 0 Å². The molecule has 1 aromatic heterocycles. The van der Waals surface area contributed by atoms with Crippen LogP contribution in [-0.2, 0) is 14.8 Å². The molecule has 3 aromatic rings. The highest BCUT2D eigenvalue weighted by atomic mass is 35.5. The summed E-state index contributed by atoms with van der Waals surface area (Å²) in [6, 6.07) is 13.0. The number of benzene rings is 2. The van der Waals surface area contributed by atoms with Crippen LogP contribution in [0.15, 0.2) is 53.4 Å². The molecule has 0 atom stereocenters.